The third kappa shape index (κ3) is 3.60. The molecular formula is C16H16BrN3O2S2. The van der Waals surface area contributed by atoms with Gasteiger partial charge < -0.3 is 15.0 Å². The van der Waals surface area contributed by atoms with E-state index in [0.29, 0.717) is 11.7 Å². The highest BCUT2D eigenvalue weighted by molar-refractivity contribution is 9.11. The molecule has 0 saturated carbocycles. The maximum absolute atomic E-state index is 11.5. The number of aromatic nitrogens is 1. The summed E-state index contributed by atoms with van der Waals surface area (Å²) in [5.74, 6) is -0.245. The van der Waals surface area contributed by atoms with Crippen LogP contribution in [0.4, 0.5) is 0 Å². The van der Waals surface area contributed by atoms with Gasteiger partial charge in [-0.05, 0) is 52.4 Å². The first kappa shape index (κ1) is 17.3. The molecule has 24 heavy (non-hydrogen) atoms. The Morgan fingerprint density at radius 2 is 2.29 bits per heavy atom. The average Bonchev–Trinajstić information content (AvgIpc) is 3.16. The Labute approximate surface area is 158 Å². The quantitative estimate of drug-likeness (QED) is 0.584. The molecule has 5 nitrogen and oxygen atoms in total. The van der Waals surface area contributed by atoms with Crippen LogP contribution in [0.15, 0.2) is 40.3 Å². The Hall–Kier alpha value is -1.51. The lowest BCUT2D eigenvalue weighted by atomic mass is 10.0. The summed E-state index contributed by atoms with van der Waals surface area (Å²) in [5, 5.41) is 3.98. The fraction of sp³-hybridized carbons (Fsp3) is 0.312. The molecule has 0 aliphatic carbocycles. The van der Waals surface area contributed by atoms with Crippen LogP contribution in [0.2, 0.25) is 0 Å². The van der Waals surface area contributed by atoms with Gasteiger partial charge in [-0.1, -0.05) is 6.07 Å². The molecule has 1 N–H and O–H groups in total. The number of hydrogen-bond donors (Lipinski definition) is 1. The van der Waals surface area contributed by atoms with Gasteiger partial charge in [0.25, 0.3) is 0 Å². The summed E-state index contributed by atoms with van der Waals surface area (Å²) in [6, 6.07) is 9.88. The van der Waals surface area contributed by atoms with Crippen LogP contribution < -0.4 is 5.32 Å². The number of carbonyl (C=O) groups is 1. The molecule has 0 bridgehead atoms. The van der Waals surface area contributed by atoms with Gasteiger partial charge in [0.2, 0.25) is 0 Å². The number of methoxy groups -OCH3 is 1. The predicted molar refractivity (Wildman–Crippen MR) is 101 cm³/mol. The number of pyridine rings is 1. The topological polar surface area (TPSA) is 54.5 Å². The first-order valence-electron chi connectivity index (χ1n) is 7.40. The van der Waals surface area contributed by atoms with E-state index in [2.05, 4.69) is 32.3 Å². The van der Waals surface area contributed by atoms with Crippen LogP contribution in [0.3, 0.4) is 0 Å². The maximum atomic E-state index is 11.5. The molecule has 2 aromatic rings. The minimum atomic E-state index is -0.245. The van der Waals surface area contributed by atoms with Gasteiger partial charge in [0.15, 0.2) is 5.11 Å². The highest BCUT2D eigenvalue weighted by Gasteiger charge is 2.40. The van der Waals surface area contributed by atoms with Crippen molar-refractivity contribution >= 4 is 50.6 Å². The lowest BCUT2D eigenvalue weighted by Gasteiger charge is -2.26. The number of esters is 1. The first-order chi connectivity index (χ1) is 11.6. The van der Waals surface area contributed by atoms with Crippen LogP contribution in [-0.2, 0) is 9.53 Å². The monoisotopic (exact) mass is 425 g/mol. The molecule has 0 radical (unpaired) electrons. The Morgan fingerprint density at radius 3 is 2.92 bits per heavy atom. The van der Waals surface area contributed by atoms with Crippen LogP contribution in [-0.4, -0.2) is 34.6 Å². The minimum Gasteiger partial charge on any atom is -0.469 e. The van der Waals surface area contributed by atoms with Crippen molar-refractivity contribution in [3.05, 3.63) is 50.9 Å². The summed E-state index contributed by atoms with van der Waals surface area (Å²) in [5.41, 5.74) is 0.926. The number of nitrogens with one attached hydrogen (secondary N) is 1. The normalized spacial score (nSPS) is 20.1. The van der Waals surface area contributed by atoms with E-state index >= 15 is 0 Å². The highest BCUT2D eigenvalue weighted by Crippen LogP contribution is 2.42. The van der Waals surface area contributed by atoms with Gasteiger partial charge in [-0.2, -0.15) is 0 Å². The molecule has 126 valence electrons. The number of nitrogens with zero attached hydrogens (tertiary/aromatic N) is 2. The largest absolute Gasteiger partial charge is 0.469 e. The molecule has 1 aliphatic rings. The van der Waals surface area contributed by atoms with E-state index in [-0.39, 0.29) is 24.5 Å². The molecule has 1 aliphatic heterocycles. The van der Waals surface area contributed by atoms with E-state index in [4.69, 9.17) is 17.0 Å². The SMILES string of the molecule is COC(=O)CCN1C(=S)NC(c2ccccn2)C1c1ccc(Br)s1. The van der Waals surface area contributed by atoms with Crippen LogP contribution in [0, 0.1) is 0 Å². The van der Waals surface area contributed by atoms with E-state index in [1.165, 1.54) is 7.11 Å². The summed E-state index contributed by atoms with van der Waals surface area (Å²) < 4.78 is 5.81. The standard InChI is InChI=1S/C16H16BrN3O2S2/c1-22-13(21)7-9-20-15(11-5-6-12(17)24-11)14(19-16(20)23)10-4-2-3-8-18-10/h2-6,8,14-15H,7,9H2,1H3,(H,19,23). The molecular weight excluding hydrogens is 410 g/mol. The van der Waals surface area contributed by atoms with E-state index < -0.39 is 0 Å². The van der Waals surface area contributed by atoms with E-state index in [0.717, 1.165) is 14.4 Å². The van der Waals surface area contributed by atoms with Crippen molar-refractivity contribution in [2.45, 2.75) is 18.5 Å². The van der Waals surface area contributed by atoms with Crippen molar-refractivity contribution in [2.75, 3.05) is 13.7 Å². The summed E-state index contributed by atoms with van der Waals surface area (Å²) in [7, 11) is 1.40. The molecule has 2 atom stereocenters. The van der Waals surface area contributed by atoms with Crippen molar-refractivity contribution in [2.24, 2.45) is 0 Å². The molecule has 0 aromatic carbocycles. The molecule has 2 unspecified atom stereocenters. The summed E-state index contributed by atoms with van der Waals surface area (Å²) in [4.78, 5) is 19.2. The molecule has 3 rings (SSSR count). The van der Waals surface area contributed by atoms with Crippen molar-refractivity contribution < 1.29 is 9.53 Å². The number of carbonyl (C=O) groups excluding carboxylic acids is 1. The van der Waals surface area contributed by atoms with Crippen molar-refractivity contribution in [3.63, 3.8) is 0 Å². The van der Waals surface area contributed by atoms with Gasteiger partial charge in [-0.15, -0.1) is 11.3 Å². The van der Waals surface area contributed by atoms with Crippen molar-refractivity contribution in [1.82, 2.24) is 15.2 Å². The molecule has 2 aromatic heterocycles. The van der Waals surface area contributed by atoms with E-state index in [9.17, 15) is 4.79 Å². The molecule has 0 spiro atoms. The van der Waals surface area contributed by atoms with Crippen LogP contribution in [0.1, 0.15) is 29.1 Å². The Bertz CT molecular complexity index is 738. The number of ether oxygens (including phenoxy) is 1. The Morgan fingerprint density at radius 1 is 1.46 bits per heavy atom. The van der Waals surface area contributed by atoms with Gasteiger partial charge in [-0.3, -0.25) is 9.78 Å². The lowest BCUT2D eigenvalue weighted by Crippen LogP contribution is -2.31. The Balaban J connectivity index is 1.92. The number of halogens is 1. The number of thiophene rings is 1. The summed E-state index contributed by atoms with van der Waals surface area (Å²) >= 11 is 10.7. The zero-order valence-electron chi connectivity index (χ0n) is 12.9. The second kappa shape index (κ2) is 7.58. The van der Waals surface area contributed by atoms with Crippen LogP contribution >= 0.6 is 39.5 Å². The number of hydrogen-bond acceptors (Lipinski definition) is 5. The average molecular weight is 426 g/mol. The highest BCUT2D eigenvalue weighted by atomic mass is 79.9. The zero-order valence-corrected chi connectivity index (χ0v) is 16.2. The Kier molecular flexibility index (Phi) is 5.47. The third-order valence-corrected chi connectivity index (χ3v) is 5.91. The van der Waals surface area contributed by atoms with Gasteiger partial charge in [0.1, 0.15) is 0 Å². The fourth-order valence-corrected chi connectivity index (χ4v) is 4.66. The van der Waals surface area contributed by atoms with Gasteiger partial charge in [-0.25, -0.2) is 0 Å². The number of rotatable bonds is 5. The molecule has 1 saturated heterocycles. The van der Waals surface area contributed by atoms with E-state index in [1.807, 2.05) is 29.2 Å². The summed E-state index contributed by atoms with van der Waals surface area (Å²) in [6.45, 7) is 0.502. The third-order valence-electron chi connectivity index (χ3n) is 3.87. The van der Waals surface area contributed by atoms with Crippen molar-refractivity contribution in [1.29, 1.82) is 0 Å². The van der Waals surface area contributed by atoms with Gasteiger partial charge in [0.05, 0.1) is 35.1 Å². The molecule has 0 amide bonds. The summed E-state index contributed by atoms with van der Waals surface area (Å²) in [6.07, 6.45) is 2.06. The lowest BCUT2D eigenvalue weighted by molar-refractivity contribution is -0.140. The maximum Gasteiger partial charge on any atom is 0.307 e. The minimum absolute atomic E-state index is 0.00615. The van der Waals surface area contributed by atoms with E-state index in [1.54, 1.807) is 17.5 Å². The molecule has 3 heterocycles. The van der Waals surface area contributed by atoms with Crippen LogP contribution in [0.25, 0.3) is 0 Å². The molecule has 1 fully saturated rings. The van der Waals surface area contributed by atoms with Crippen LogP contribution in [0.5, 0.6) is 0 Å². The second-order valence-corrected chi connectivity index (χ2v) is 8.17. The number of thiocarbonyl (C=S) groups is 1. The second-order valence-electron chi connectivity index (χ2n) is 5.29. The fourth-order valence-electron chi connectivity index (χ4n) is 2.76. The van der Waals surface area contributed by atoms with Gasteiger partial charge in [0, 0.05) is 17.6 Å². The first-order valence-corrected chi connectivity index (χ1v) is 9.42. The molecule has 8 heteroatoms. The smallest absolute Gasteiger partial charge is 0.307 e. The predicted octanol–water partition coefficient (Wildman–Crippen LogP) is 3.44. The van der Waals surface area contributed by atoms with Gasteiger partial charge >= 0.3 is 5.97 Å². The van der Waals surface area contributed by atoms with Crippen molar-refractivity contribution in [3.8, 4) is 0 Å². The zero-order chi connectivity index (χ0) is 17.1.